The molecule has 4 N–H and O–H groups in total. The third-order valence-electron chi connectivity index (χ3n) is 7.80. The number of hydrogen-bond acceptors (Lipinski definition) is 2. The van der Waals surface area contributed by atoms with Gasteiger partial charge in [0.15, 0.2) is 0 Å². The fraction of sp³-hybridized carbons (Fsp3) is 0.360. The van der Waals surface area contributed by atoms with Crippen molar-refractivity contribution in [3.05, 3.63) is 82.2 Å². The number of hydrogen-bond donors (Lipinski definition) is 2. The maximum absolute atomic E-state index is 6.57. The number of benzene rings is 2. The number of nitrogens with two attached hydrogens (primary N) is 2. The minimum Gasteiger partial charge on any atom is -0.402 e. The Labute approximate surface area is 161 Å². The molecule has 2 saturated carbocycles. The molecule has 27 heavy (non-hydrogen) atoms. The Hall–Kier alpha value is -2.48. The molecule has 0 saturated heterocycles. The van der Waals surface area contributed by atoms with E-state index in [1.165, 1.54) is 41.5 Å². The monoisotopic (exact) mass is 354 g/mol. The van der Waals surface area contributed by atoms with Crippen LogP contribution in [0, 0.1) is 23.7 Å². The van der Waals surface area contributed by atoms with Crippen LogP contribution in [0.25, 0.3) is 12.2 Å². The fourth-order valence-corrected chi connectivity index (χ4v) is 6.93. The second-order valence-corrected chi connectivity index (χ2v) is 9.07. The second-order valence-electron chi connectivity index (χ2n) is 9.07. The summed E-state index contributed by atoms with van der Waals surface area (Å²) in [4.78, 5) is 0. The van der Waals surface area contributed by atoms with Crippen LogP contribution in [0.15, 0.2) is 59.9 Å². The SMILES string of the molecule is NC1=Cc2ccccc2C1C1CC2CC(C3C(N)=Cc4ccccc43)C1C2. The van der Waals surface area contributed by atoms with Crippen LogP contribution in [0.2, 0.25) is 0 Å². The van der Waals surface area contributed by atoms with Crippen LogP contribution in [-0.4, -0.2) is 0 Å². The van der Waals surface area contributed by atoms with Crippen molar-refractivity contribution in [2.24, 2.45) is 35.1 Å². The summed E-state index contributed by atoms with van der Waals surface area (Å²) >= 11 is 0. The Balaban J connectivity index is 1.36. The smallest absolute Gasteiger partial charge is 0.0272 e. The van der Waals surface area contributed by atoms with Gasteiger partial charge in [-0.05, 0) is 77.3 Å². The summed E-state index contributed by atoms with van der Waals surface area (Å²) in [5.41, 5.74) is 20.8. The lowest BCUT2D eigenvalue weighted by atomic mass is 9.67. The molecule has 2 aromatic carbocycles. The maximum Gasteiger partial charge on any atom is 0.0272 e. The van der Waals surface area contributed by atoms with E-state index in [1.54, 1.807) is 0 Å². The predicted octanol–water partition coefficient (Wildman–Crippen LogP) is 4.84. The largest absolute Gasteiger partial charge is 0.402 e. The number of fused-ring (bicyclic) bond motifs is 4. The topological polar surface area (TPSA) is 52.0 Å². The van der Waals surface area contributed by atoms with E-state index in [4.69, 9.17) is 11.5 Å². The van der Waals surface area contributed by atoms with Gasteiger partial charge in [0.05, 0.1) is 0 Å². The van der Waals surface area contributed by atoms with Crippen molar-refractivity contribution >= 4 is 12.2 Å². The van der Waals surface area contributed by atoms with Crippen molar-refractivity contribution in [1.82, 2.24) is 0 Å². The molecule has 4 atom stereocenters. The van der Waals surface area contributed by atoms with Gasteiger partial charge in [-0.1, -0.05) is 48.5 Å². The third-order valence-corrected chi connectivity index (χ3v) is 7.80. The van der Waals surface area contributed by atoms with E-state index >= 15 is 0 Å². The summed E-state index contributed by atoms with van der Waals surface area (Å²) in [5.74, 6) is 3.69. The van der Waals surface area contributed by atoms with Crippen molar-refractivity contribution in [2.75, 3.05) is 0 Å². The average molecular weight is 354 g/mol. The van der Waals surface area contributed by atoms with E-state index < -0.39 is 0 Å². The molecule has 4 aliphatic carbocycles. The molecule has 2 nitrogen and oxygen atoms in total. The Morgan fingerprint density at radius 2 is 1.04 bits per heavy atom. The van der Waals surface area contributed by atoms with Gasteiger partial charge >= 0.3 is 0 Å². The summed E-state index contributed by atoms with van der Waals surface area (Å²) in [6.07, 6.45) is 8.42. The molecule has 0 aromatic heterocycles. The van der Waals surface area contributed by atoms with Gasteiger partial charge in [0.2, 0.25) is 0 Å². The molecule has 6 rings (SSSR count). The molecule has 4 unspecified atom stereocenters. The first-order valence-electron chi connectivity index (χ1n) is 10.3. The van der Waals surface area contributed by atoms with Gasteiger partial charge in [0, 0.05) is 23.2 Å². The van der Waals surface area contributed by atoms with Crippen LogP contribution in [0.4, 0.5) is 0 Å². The Morgan fingerprint density at radius 3 is 1.52 bits per heavy atom. The highest BCUT2D eigenvalue weighted by molar-refractivity contribution is 5.67. The van der Waals surface area contributed by atoms with Gasteiger partial charge in [0.25, 0.3) is 0 Å². The summed E-state index contributed by atoms with van der Waals surface area (Å²) in [6.45, 7) is 0. The molecule has 4 aliphatic rings. The van der Waals surface area contributed by atoms with E-state index in [0.717, 1.165) is 23.2 Å². The highest BCUT2D eigenvalue weighted by atomic mass is 14.7. The molecule has 2 aromatic rings. The lowest BCUT2D eigenvalue weighted by Crippen LogP contribution is -2.31. The third kappa shape index (κ3) is 2.13. The highest BCUT2D eigenvalue weighted by Gasteiger charge is 2.53. The van der Waals surface area contributed by atoms with Crippen LogP contribution in [0.3, 0.4) is 0 Å². The maximum atomic E-state index is 6.57. The molecular weight excluding hydrogens is 328 g/mol. The number of rotatable bonds is 2. The summed E-state index contributed by atoms with van der Waals surface area (Å²) < 4.78 is 0. The molecule has 2 fully saturated rings. The van der Waals surface area contributed by atoms with Gasteiger partial charge < -0.3 is 11.5 Å². The Kier molecular flexibility index (Phi) is 3.18. The van der Waals surface area contributed by atoms with E-state index in [9.17, 15) is 0 Å². The van der Waals surface area contributed by atoms with E-state index in [0.29, 0.717) is 23.7 Å². The van der Waals surface area contributed by atoms with Gasteiger partial charge in [-0.15, -0.1) is 0 Å². The van der Waals surface area contributed by atoms with Gasteiger partial charge in [-0.2, -0.15) is 0 Å². The molecule has 0 aliphatic heterocycles. The van der Waals surface area contributed by atoms with Crippen molar-refractivity contribution in [3.8, 4) is 0 Å². The first-order valence-corrected chi connectivity index (χ1v) is 10.3. The van der Waals surface area contributed by atoms with Gasteiger partial charge in [0.1, 0.15) is 0 Å². The molecule has 2 bridgehead atoms. The van der Waals surface area contributed by atoms with Crippen LogP contribution in [0.1, 0.15) is 53.4 Å². The zero-order valence-corrected chi connectivity index (χ0v) is 15.5. The van der Waals surface area contributed by atoms with Crippen molar-refractivity contribution in [3.63, 3.8) is 0 Å². The van der Waals surface area contributed by atoms with Crippen molar-refractivity contribution in [1.29, 1.82) is 0 Å². The molecule has 0 amide bonds. The zero-order valence-electron chi connectivity index (χ0n) is 15.5. The van der Waals surface area contributed by atoms with E-state index in [2.05, 4.69) is 60.7 Å². The van der Waals surface area contributed by atoms with Crippen LogP contribution in [0.5, 0.6) is 0 Å². The minimum atomic E-state index is 0.404. The standard InChI is InChI=1S/C25H26N2/c26-22-12-15-5-1-3-7-17(15)24(22)20-10-14-9-19(20)21(11-14)25-18-8-4-2-6-16(18)13-23(25)27/h1-8,12-14,19-21,24-25H,9-11,26-27H2. The number of allylic oxidation sites excluding steroid dienone is 2. The summed E-state index contributed by atoms with van der Waals surface area (Å²) in [5, 5.41) is 0. The van der Waals surface area contributed by atoms with Gasteiger partial charge in [-0.25, -0.2) is 0 Å². The first kappa shape index (κ1) is 15.6. The molecule has 0 spiro atoms. The van der Waals surface area contributed by atoms with E-state index in [-0.39, 0.29) is 0 Å². The Bertz CT molecular complexity index is 908. The predicted molar refractivity (Wildman–Crippen MR) is 111 cm³/mol. The molecule has 0 radical (unpaired) electrons. The van der Waals surface area contributed by atoms with E-state index in [1.807, 2.05) is 0 Å². The quantitative estimate of drug-likeness (QED) is 0.810. The average Bonchev–Trinajstić information content (AvgIpc) is 3.39. The summed E-state index contributed by atoms with van der Waals surface area (Å²) in [6, 6.07) is 17.6. The second kappa shape index (κ2) is 5.51. The lowest BCUT2D eigenvalue weighted by Gasteiger charge is -2.38. The molecule has 2 heteroatoms. The summed E-state index contributed by atoms with van der Waals surface area (Å²) in [7, 11) is 0. The van der Waals surface area contributed by atoms with Crippen LogP contribution in [-0.2, 0) is 0 Å². The first-order chi connectivity index (χ1) is 13.2. The molecule has 0 heterocycles. The highest BCUT2D eigenvalue weighted by Crippen LogP contribution is 2.62. The fourth-order valence-electron chi connectivity index (χ4n) is 6.93. The normalized spacial score (nSPS) is 35.7. The zero-order chi connectivity index (χ0) is 18.1. The minimum absolute atomic E-state index is 0.404. The molecular formula is C25H26N2. The Morgan fingerprint density at radius 1 is 0.593 bits per heavy atom. The van der Waals surface area contributed by atoms with Crippen molar-refractivity contribution in [2.45, 2.75) is 31.1 Å². The van der Waals surface area contributed by atoms with Crippen LogP contribution < -0.4 is 11.5 Å². The molecule has 136 valence electrons. The van der Waals surface area contributed by atoms with Gasteiger partial charge in [-0.3, -0.25) is 0 Å². The van der Waals surface area contributed by atoms with Crippen LogP contribution >= 0.6 is 0 Å². The lowest BCUT2D eigenvalue weighted by molar-refractivity contribution is 0.201. The van der Waals surface area contributed by atoms with Crippen molar-refractivity contribution < 1.29 is 0 Å².